The van der Waals surface area contributed by atoms with Crippen LogP contribution in [0, 0.1) is 0 Å². The van der Waals surface area contributed by atoms with Crippen molar-refractivity contribution < 1.29 is 0 Å². The lowest BCUT2D eigenvalue weighted by Gasteiger charge is -2.29. The van der Waals surface area contributed by atoms with E-state index in [0.29, 0.717) is 0 Å². The molecule has 0 aromatic heterocycles. The molecule has 9 aromatic carbocycles. The van der Waals surface area contributed by atoms with Crippen LogP contribution in [0.25, 0.3) is 65.7 Å². The predicted molar refractivity (Wildman–Crippen MR) is 210 cm³/mol. The summed E-state index contributed by atoms with van der Waals surface area (Å²) in [6.07, 6.45) is 0. The van der Waals surface area contributed by atoms with Crippen molar-refractivity contribution in [1.29, 1.82) is 0 Å². The van der Waals surface area contributed by atoms with Crippen LogP contribution in [0.15, 0.2) is 200 Å². The number of nitrogens with zero attached hydrogens (tertiary/aromatic N) is 1. The van der Waals surface area contributed by atoms with Crippen LogP contribution in [0.5, 0.6) is 0 Å². The number of hydrogen-bond donors (Lipinski definition) is 0. The predicted octanol–water partition coefficient (Wildman–Crippen LogP) is 13.6. The zero-order valence-corrected chi connectivity index (χ0v) is 27.0. The van der Waals surface area contributed by atoms with Crippen LogP contribution in [-0.2, 0) is 0 Å². The highest BCUT2D eigenvalue weighted by Crippen LogP contribution is 2.44. The molecule has 0 amide bonds. The van der Waals surface area contributed by atoms with Crippen molar-refractivity contribution >= 4 is 49.4 Å². The van der Waals surface area contributed by atoms with Crippen molar-refractivity contribution in [3.63, 3.8) is 0 Å². The summed E-state index contributed by atoms with van der Waals surface area (Å²) in [7, 11) is 0. The molecule has 9 rings (SSSR count). The van der Waals surface area contributed by atoms with E-state index in [1.165, 1.54) is 65.7 Å². The molecule has 230 valence electrons. The van der Waals surface area contributed by atoms with Gasteiger partial charge in [0.1, 0.15) is 0 Å². The molecule has 9 aromatic rings. The molecule has 0 aliphatic carbocycles. The fraction of sp³-hybridized carbons (Fsp3) is 0. The Morgan fingerprint density at radius 2 is 0.837 bits per heavy atom. The van der Waals surface area contributed by atoms with Gasteiger partial charge in [-0.3, -0.25) is 0 Å². The van der Waals surface area contributed by atoms with Gasteiger partial charge in [-0.25, -0.2) is 0 Å². The molecule has 0 atom stereocenters. The Kier molecular flexibility index (Phi) is 7.22. The van der Waals surface area contributed by atoms with E-state index in [1.54, 1.807) is 0 Å². The van der Waals surface area contributed by atoms with Gasteiger partial charge >= 0.3 is 0 Å². The molecule has 0 spiro atoms. The Hall–Kier alpha value is -6.44. The Bertz CT molecular complexity index is 2590. The lowest BCUT2D eigenvalue weighted by Crippen LogP contribution is -2.11. The Morgan fingerprint density at radius 1 is 0.265 bits per heavy atom. The van der Waals surface area contributed by atoms with Crippen LogP contribution in [0.2, 0.25) is 0 Å². The van der Waals surface area contributed by atoms with E-state index in [0.717, 1.165) is 17.1 Å². The summed E-state index contributed by atoms with van der Waals surface area (Å²) in [6.45, 7) is 0. The minimum atomic E-state index is 1.10. The van der Waals surface area contributed by atoms with Crippen LogP contribution in [0.1, 0.15) is 0 Å². The van der Waals surface area contributed by atoms with E-state index in [9.17, 15) is 0 Å². The molecular weight excluding hydrogens is 591 g/mol. The Morgan fingerprint density at radius 3 is 1.67 bits per heavy atom. The van der Waals surface area contributed by atoms with Gasteiger partial charge in [-0.1, -0.05) is 164 Å². The first-order valence-corrected chi connectivity index (χ1v) is 16.9. The third kappa shape index (κ3) is 5.23. The normalized spacial score (nSPS) is 11.3. The van der Waals surface area contributed by atoms with E-state index >= 15 is 0 Å². The second-order valence-electron chi connectivity index (χ2n) is 12.5. The number of hydrogen-bond acceptors (Lipinski definition) is 1. The van der Waals surface area contributed by atoms with Crippen LogP contribution >= 0.6 is 0 Å². The number of anilines is 3. The summed E-state index contributed by atoms with van der Waals surface area (Å²) in [5.41, 5.74) is 10.6. The van der Waals surface area contributed by atoms with Gasteiger partial charge in [0, 0.05) is 16.9 Å². The highest BCUT2D eigenvalue weighted by Gasteiger charge is 2.19. The quantitative estimate of drug-likeness (QED) is 0.167. The molecule has 0 aliphatic rings. The molecule has 0 saturated heterocycles. The fourth-order valence-corrected chi connectivity index (χ4v) is 7.32. The van der Waals surface area contributed by atoms with Crippen molar-refractivity contribution in [3.8, 4) is 33.4 Å². The van der Waals surface area contributed by atoms with Crippen molar-refractivity contribution in [3.05, 3.63) is 200 Å². The molecule has 0 heterocycles. The van der Waals surface area contributed by atoms with Gasteiger partial charge in [-0.2, -0.15) is 0 Å². The number of rotatable bonds is 6. The zero-order valence-electron chi connectivity index (χ0n) is 27.0. The van der Waals surface area contributed by atoms with Gasteiger partial charge in [0.15, 0.2) is 0 Å². The minimum Gasteiger partial charge on any atom is -0.310 e. The monoisotopic (exact) mass is 623 g/mol. The molecule has 49 heavy (non-hydrogen) atoms. The standard InChI is InChI=1S/C48H33N/c1-2-14-34(15-3-1)35-28-30-39(31-29-35)49(48-27-11-10-25-46(48)44-26-13-18-36-16-4-6-21-41(36)44)40-20-12-19-37(32-40)47-33-38-17-5-7-22-42(38)43-23-8-9-24-45(43)47/h1-33H. The number of benzene rings is 9. The van der Waals surface area contributed by atoms with Gasteiger partial charge in [0.2, 0.25) is 0 Å². The van der Waals surface area contributed by atoms with Crippen molar-refractivity contribution in [2.45, 2.75) is 0 Å². The second-order valence-corrected chi connectivity index (χ2v) is 12.5. The SMILES string of the molecule is c1ccc(-c2ccc(N(c3cccc(-c4cc5ccccc5c5ccccc45)c3)c3ccccc3-c3cccc4ccccc34)cc2)cc1. The lowest BCUT2D eigenvalue weighted by atomic mass is 9.93. The Balaban J connectivity index is 1.26. The smallest absolute Gasteiger partial charge is 0.0540 e. The van der Waals surface area contributed by atoms with E-state index in [-0.39, 0.29) is 0 Å². The van der Waals surface area contributed by atoms with Crippen molar-refractivity contribution in [2.24, 2.45) is 0 Å². The summed E-state index contributed by atoms with van der Waals surface area (Å²) >= 11 is 0. The van der Waals surface area contributed by atoms with Crippen LogP contribution < -0.4 is 4.90 Å². The molecule has 0 fully saturated rings. The summed E-state index contributed by atoms with van der Waals surface area (Å²) in [4.78, 5) is 2.42. The zero-order chi connectivity index (χ0) is 32.6. The molecule has 0 unspecified atom stereocenters. The number of fused-ring (bicyclic) bond motifs is 4. The molecule has 1 nitrogen and oxygen atoms in total. The third-order valence-electron chi connectivity index (χ3n) is 9.64. The summed E-state index contributed by atoms with van der Waals surface area (Å²) in [5, 5.41) is 7.54. The topological polar surface area (TPSA) is 3.24 Å². The summed E-state index contributed by atoms with van der Waals surface area (Å²) in [5.74, 6) is 0. The highest BCUT2D eigenvalue weighted by atomic mass is 15.1. The van der Waals surface area contributed by atoms with E-state index < -0.39 is 0 Å². The minimum absolute atomic E-state index is 1.10. The summed E-state index contributed by atoms with van der Waals surface area (Å²) in [6, 6.07) is 72.5. The average Bonchev–Trinajstić information content (AvgIpc) is 3.18. The third-order valence-corrected chi connectivity index (χ3v) is 9.64. The Labute approximate surface area is 287 Å². The van der Waals surface area contributed by atoms with Crippen LogP contribution in [0.4, 0.5) is 17.1 Å². The second kappa shape index (κ2) is 12.3. The lowest BCUT2D eigenvalue weighted by molar-refractivity contribution is 1.28. The van der Waals surface area contributed by atoms with Crippen LogP contribution in [0.3, 0.4) is 0 Å². The molecule has 0 saturated carbocycles. The van der Waals surface area contributed by atoms with E-state index in [4.69, 9.17) is 0 Å². The first-order valence-electron chi connectivity index (χ1n) is 16.9. The van der Waals surface area contributed by atoms with Gasteiger partial charge < -0.3 is 4.90 Å². The molecular formula is C48H33N. The van der Waals surface area contributed by atoms with Gasteiger partial charge in [0.25, 0.3) is 0 Å². The van der Waals surface area contributed by atoms with Gasteiger partial charge in [-0.05, 0) is 96.5 Å². The first kappa shape index (κ1) is 28.8. The van der Waals surface area contributed by atoms with E-state index in [1.807, 2.05) is 0 Å². The maximum Gasteiger partial charge on any atom is 0.0540 e. The van der Waals surface area contributed by atoms with E-state index in [2.05, 4.69) is 205 Å². The van der Waals surface area contributed by atoms with Crippen LogP contribution in [-0.4, -0.2) is 0 Å². The molecule has 1 heteroatoms. The summed E-state index contributed by atoms with van der Waals surface area (Å²) < 4.78 is 0. The highest BCUT2D eigenvalue weighted by molar-refractivity contribution is 6.14. The average molecular weight is 624 g/mol. The fourth-order valence-electron chi connectivity index (χ4n) is 7.32. The van der Waals surface area contributed by atoms with Gasteiger partial charge in [0.05, 0.1) is 5.69 Å². The first-order chi connectivity index (χ1) is 24.3. The van der Waals surface area contributed by atoms with Crippen molar-refractivity contribution in [1.82, 2.24) is 0 Å². The molecule has 0 N–H and O–H groups in total. The molecule has 0 bridgehead atoms. The largest absolute Gasteiger partial charge is 0.310 e. The maximum absolute atomic E-state index is 2.42. The molecule has 0 aliphatic heterocycles. The van der Waals surface area contributed by atoms with Crippen molar-refractivity contribution in [2.75, 3.05) is 4.90 Å². The maximum atomic E-state index is 2.42. The number of para-hydroxylation sites is 1. The van der Waals surface area contributed by atoms with Gasteiger partial charge in [-0.15, -0.1) is 0 Å². The molecule has 0 radical (unpaired) electrons.